The first-order valence-corrected chi connectivity index (χ1v) is 14.2. The van der Waals surface area contributed by atoms with E-state index < -0.39 is 42.0 Å². The Balaban J connectivity index is 2.65. The lowest BCUT2D eigenvalue weighted by molar-refractivity contribution is -0.134. The summed E-state index contributed by atoms with van der Waals surface area (Å²) in [6.07, 6.45) is -0.962. The molecule has 0 saturated heterocycles. The molecular weight excluding hydrogens is 596 g/mol. The number of ether oxygens (including phenoxy) is 4. The third-order valence-electron chi connectivity index (χ3n) is 5.83. The third kappa shape index (κ3) is 18.6. The van der Waals surface area contributed by atoms with Crippen LogP contribution in [0.15, 0.2) is 29.4 Å². The van der Waals surface area contributed by atoms with Gasteiger partial charge in [0.15, 0.2) is 0 Å². The number of amides is 5. The highest BCUT2D eigenvalue weighted by atomic mass is 16.7. The summed E-state index contributed by atoms with van der Waals surface area (Å²) >= 11 is 0. The average molecular weight is 639 g/mol. The number of nitrogens with one attached hydrogen (secondary N) is 4. The van der Waals surface area contributed by atoms with Crippen molar-refractivity contribution in [3.63, 3.8) is 0 Å². The van der Waals surface area contributed by atoms with Crippen LogP contribution in [0, 0.1) is 5.92 Å². The van der Waals surface area contributed by atoms with Crippen LogP contribution in [0.5, 0.6) is 0 Å². The summed E-state index contributed by atoms with van der Waals surface area (Å²) < 4.78 is 20.3. The van der Waals surface area contributed by atoms with Crippen LogP contribution in [-0.2, 0) is 39.9 Å². The van der Waals surface area contributed by atoms with E-state index >= 15 is 0 Å². The zero-order chi connectivity index (χ0) is 33.5. The number of rotatable bonds is 23. The molecule has 45 heavy (non-hydrogen) atoms. The Morgan fingerprint density at radius 1 is 0.956 bits per heavy atom. The standard InChI is InChI=1S/C27H42N8O10/c1-18(2)23(34-22(36)17-44-15-14-43-13-12-42-11-10-31-35-29)25(38)33-21(4-3-9-30-26(28)39)24(37)32-20-7-5-19(6-8-20)16-45-27(40)41/h5-8,18,21,23H,3-4,9-17H2,1-2H3,(H,32,37)(H,33,38)(H,34,36)(H,40,41)(H3,28,30,39)/t21-,23-/m0/s1. The highest BCUT2D eigenvalue weighted by molar-refractivity contribution is 5.98. The molecule has 250 valence electrons. The molecule has 0 spiro atoms. The number of azide groups is 1. The molecule has 0 saturated carbocycles. The van der Waals surface area contributed by atoms with Gasteiger partial charge in [-0.15, -0.1) is 0 Å². The maximum Gasteiger partial charge on any atom is 0.506 e. The largest absolute Gasteiger partial charge is 0.506 e. The van der Waals surface area contributed by atoms with Gasteiger partial charge in [-0.05, 0) is 42.0 Å². The Labute approximate surface area is 260 Å². The van der Waals surface area contributed by atoms with Crippen LogP contribution in [0.25, 0.3) is 10.4 Å². The van der Waals surface area contributed by atoms with Crippen LogP contribution in [0.1, 0.15) is 32.3 Å². The van der Waals surface area contributed by atoms with E-state index in [0.717, 1.165) is 0 Å². The van der Waals surface area contributed by atoms with E-state index in [0.29, 0.717) is 30.9 Å². The quantitative estimate of drug-likeness (QED) is 0.0328. The highest BCUT2D eigenvalue weighted by Gasteiger charge is 2.29. The zero-order valence-electron chi connectivity index (χ0n) is 25.4. The van der Waals surface area contributed by atoms with Gasteiger partial charge < -0.3 is 51.1 Å². The lowest BCUT2D eigenvalue weighted by atomic mass is 10.0. The number of nitrogens with two attached hydrogens (primary N) is 1. The first kappa shape index (κ1) is 38.4. The van der Waals surface area contributed by atoms with Gasteiger partial charge >= 0.3 is 12.2 Å². The number of nitrogens with zero attached hydrogens (tertiary/aromatic N) is 3. The van der Waals surface area contributed by atoms with Crippen LogP contribution in [-0.4, -0.2) is 99.8 Å². The smallest absolute Gasteiger partial charge is 0.450 e. The predicted molar refractivity (Wildman–Crippen MR) is 160 cm³/mol. The summed E-state index contributed by atoms with van der Waals surface area (Å²) in [6, 6.07) is 3.52. The minimum absolute atomic E-state index is 0.125. The van der Waals surface area contributed by atoms with E-state index in [4.69, 9.17) is 30.6 Å². The van der Waals surface area contributed by atoms with E-state index in [-0.39, 0.29) is 58.5 Å². The van der Waals surface area contributed by atoms with Crippen LogP contribution in [0.2, 0.25) is 0 Å². The molecule has 0 bridgehead atoms. The van der Waals surface area contributed by atoms with Gasteiger partial charge in [0.05, 0.1) is 33.0 Å². The van der Waals surface area contributed by atoms with Gasteiger partial charge in [-0.3, -0.25) is 14.4 Å². The minimum atomic E-state index is -1.41. The Bertz CT molecular complexity index is 1130. The molecule has 18 nitrogen and oxygen atoms in total. The maximum absolute atomic E-state index is 13.2. The zero-order valence-corrected chi connectivity index (χ0v) is 25.4. The Morgan fingerprint density at radius 2 is 1.60 bits per heavy atom. The molecule has 0 radical (unpaired) electrons. The number of carboxylic acid groups (broad SMARTS) is 1. The third-order valence-corrected chi connectivity index (χ3v) is 5.83. The van der Waals surface area contributed by atoms with Gasteiger partial charge in [0.1, 0.15) is 25.3 Å². The Morgan fingerprint density at radius 3 is 2.20 bits per heavy atom. The summed E-state index contributed by atoms with van der Waals surface area (Å²) in [7, 11) is 0. The van der Waals surface area contributed by atoms with Crippen molar-refractivity contribution in [2.24, 2.45) is 16.8 Å². The van der Waals surface area contributed by atoms with Crippen molar-refractivity contribution in [1.29, 1.82) is 0 Å². The lowest BCUT2D eigenvalue weighted by Gasteiger charge is -2.25. The van der Waals surface area contributed by atoms with Crippen LogP contribution < -0.4 is 27.0 Å². The number of carbonyl (C=O) groups excluding carboxylic acids is 4. The van der Waals surface area contributed by atoms with Gasteiger partial charge in [-0.1, -0.05) is 31.1 Å². The number of hydrogen-bond donors (Lipinski definition) is 6. The highest BCUT2D eigenvalue weighted by Crippen LogP contribution is 2.13. The Kier molecular flexibility index (Phi) is 19.5. The monoisotopic (exact) mass is 638 g/mol. The normalized spacial score (nSPS) is 11.9. The van der Waals surface area contributed by atoms with Gasteiger partial charge in [0, 0.05) is 23.7 Å². The predicted octanol–water partition coefficient (Wildman–Crippen LogP) is 1.25. The molecule has 18 heteroatoms. The van der Waals surface area contributed by atoms with Crippen LogP contribution in [0.3, 0.4) is 0 Å². The molecule has 1 aromatic rings. The second-order valence-electron chi connectivity index (χ2n) is 9.76. The van der Waals surface area contributed by atoms with Crippen molar-refractivity contribution >= 4 is 35.6 Å². The second kappa shape index (κ2) is 22.8. The number of anilines is 1. The summed E-state index contributed by atoms with van der Waals surface area (Å²) in [5.41, 5.74) is 14.2. The SMILES string of the molecule is CC(C)[C@H](NC(=O)COCCOCCOCCN=[N+]=[N-])C(=O)N[C@@H](CCCNC(N)=O)C(=O)Nc1ccc(COC(=O)O)cc1. The average Bonchev–Trinajstić information content (AvgIpc) is 2.99. The number of primary amides is 1. The molecule has 5 amide bonds. The van der Waals surface area contributed by atoms with E-state index in [1.807, 2.05) is 0 Å². The molecule has 0 heterocycles. The van der Waals surface area contributed by atoms with Crippen molar-refractivity contribution in [3.05, 3.63) is 40.3 Å². The molecular formula is C27H42N8O10. The topological polar surface area (TPSA) is 265 Å². The molecule has 0 aliphatic heterocycles. The Hall–Kier alpha value is -4.64. The summed E-state index contributed by atoms with van der Waals surface area (Å²) in [5.74, 6) is -2.01. The van der Waals surface area contributed by atoms with Crippen molar-refractivity contribution in [1.82, 2.24) is 16.0 Å². The van der Waals surface area contributed by atoms with Gasteiger partial charge in [-0.2, -0.15) is 0 Å². The fourth-order valence-corrected chi connectivity index (χ4v) is 3.61. The molecule has 1 rings (SSSR count). The van der Waals surface area contributed by atoms with Gasteiger partial charge in [-0.25, -0.2) is 9.59 Å². The second-order valence-corrected chi connectivity index (χ2v) is 9.76. The fourth-order valence-electron chi connectivity index (χ4n) is 3.61. The summed E-state index contributed by atoms with van der Waals surface area (Å²) in [5, 5.41) is 22.4. The van der Waals surface area contributed by atoms with E-state index in [9.17, 15) is 24.0 Å². The molecule has 0 fully saturated rings. The van der Waals surface area contributed by atoms with E-state index in [2.05, 4.69) is 36.0 Å². The van der Waals surface area contributed by atoms with Crippen LogP contribution in [0.4, 0.5) is 15.3 Å². The molecule has 0 unspecified atom stereocenters. The number of carbonyl (C=O) groups is 5. The van der Waals surface area contributed by atoms with Gasteiger partial charge in [0.2, 0.25) is 17.7 Å². The summed E-state index contributed by atoms with van der Waals surface area (Å²) in [4.78, 5) is 63.0. The fraction of sp³-hybridized carbons (Fsp3) is 0.593. The molecule has 1 aromatic carbocycles. The molecule has 0 aliphatic rings. The number of hydrogen-bond acceptors (Lipinski definition) is 10. The van der Waals surface area contributed by atoms with Crippen LogP contribution >= 0.6 is 0 Å². The first-order valence-electron chi connectivity index (χ1n) is 14.2. The van der Waals surface area contributed by atoms with Crippen molar-refractivity contribution in [2.45, 2.75) is 45.4 Å². The van der Waals surface area contributed by atoms with E-state index in [1.54, 1.807) is 38.1 Å². The molecule has 7 N–H and O–H groups in total. The van der Waals surface area contributed by atoms with Gasteiger partial charge in [0.25, 0.3) is 0 Å². The number of benzene rings is 1. The maximum atomic E-state index is 13.2. The minimum Gasteiger partial charge on any atom is -0.450 e. The molecule has 0 aromatic heterocycles. The van der Waals surface area contributed by atoms with Crippen molar-refractivity contribution in [3.8, 4) is 0 Å². The van der Waals surface area contributed by atoms with E-state index in [1.165, 1.54) is 0 Å². The van der Waals surface area contributed by atoms with Crippen molar-refractivity contribution in [2.75, 3.05) is 58.0 Å². The molecule has 0 aliphatic carbocycles. The lowest BCUT2D eigenvalue weighted by Crippen LogP contribution is -2.55. The van der Waals surface area contributed by atoms with Crippen molar-refractivity contribution < 1.29 is 48.0 Å². The summed E-state index contributed by atoms with van der Waals surface area (Å²) in [6.45, 7) is 4.61. The molecule has 2 atom stereocenters. The first-order chi connectivity index (χ1) is 21.5. The number of urea groups is 1.